The summed E-state index contributed by atoms with van der Waals surface area (Å²) in [5.74, 6) is -0.709. The van der Waals surface area contributed by atoms with Gasteiger partial charge in [-0.3, -0.25) is 9.59 Å². The molecule has 2 aromatic carbocycles. The maximum absolute atomic E-state index is 13.0. The molecule has 1 atom stereocenters. The Balaban J connectivity index is 2.07. The van der Waals surface area contributed by atoms with Gasteiger partial charge >= 0.3 is 0 Å². The van der Waals surface area contributed by atoms with Gasteiger partial charge in [-0.05, 0) is 30.8 Å². The first-order valence-electron chi connectivity index (χ1n) is 10.2. The predicted molar refractivity (Wildman–Crippen MR) is 116 cm³/mol. The Morgan fingerprint density at radius 1 is 1.03 bits per heavy atom. The predicted octanol–water partition coefficient (Wildman–Crippen LogP) is 3.46. The first-order valence-corrected chi connectivity index (χ1v) is 10.2. The first-order chi connectivity index (χ1) is 14.5. The van der Waals surface area contributed by atoms with E-state index < -0.39 is 17.7 Å². The number of aliphatic hydroxyl groups excluding tert-OH is 1. The molecule has 2 aromatic rings. The third-order valence-corrected chi connectivity index (χ3v) is 5.57. The molecule has 1 saturated heterocycles. The second-order valence-electron chi connectivity index (χ2n) is 7.16. The number of ether oxygens (including phenoxy) is 1. The highest BCUT2D eigenvalue weighted by molar-refractivity contribution is 6.46. The van der Waals surface area contributed by atoms with Crippen molar-refractivity contribution in [2.45, 2.75) is 19.9 Å². The molecule has 158 valence electrons. The molecule has 0 bridgehead atoms. The molecule has 6 heteroatoms. The van der Waals surface area contributed by atoms with E-state index in [1.165, 1.54) is 0 Å². The van der Waals surface area contributed by atoms with E-state index in [1.807, 2.05) is 18.2 Å². The molecule has 1 amide bonds. The maximum Gasteiger partial charge on any atom is 0.295 e. The van der Waals surface area contributed by atoms with E-state index in [9.17, 15) is 14.7 Å². The second kappa shape index (κ2) is 9.59. The summed E-state index contributed by atoms with van der Waals surface area (Å²) in [6.07, 6.45) is 0. The van der Waals surface area contributed by atoms with Crippen LogP contribution in [0.5, 0.6) is 5.75 Å². The summed E-state index contributed by atoms with van der Waals surface area (Å²) in [6.45, 7) is 6.89. The van der Waals surface area contributed by atoms with Gasteiger partial charge in [0, 0.05) is 18.7 Å². The number of ketones is 1. The number of hydrogen-bond acceptors (Lipinski definition) is 5. The molecule has 0 aliphatic carbocycles. The highest BCUT2D eigenvalue weighted by Crippen LogP contribution is 2.39. The summed E-state index contributed by atoms with van der Waals surface area (Å²) in [5.41, 5.74) is 1.39. The van der Waals surface area contributed by atoms with Crippen LogP contribution in [0.25, 0.3) is 5.76 Å². The van der Waals surface area contributed by atoms with Crippen molar-refractivity contribution in [3.05, 3.63) is 71.3 Å². The Bertz CT molecular complexity index is 918. The van der Waals surface area contributed by atoms with Crippen molar-refractivity contribution in [3.8, 4) is 5.75 Å². The largest absolute Gasteiger partial charge is 0.507 e. The molecule has 1 aliphatic rings. The van der Waals surface area contributed by atoms with Crippen LogP contribution in [0, 0.1) is 0 Å². The fourth-order valence-electron chi connectivity index (χ4n) is 3.78. The lowest BCUT2D eigenvalue weighted by Gasteiger charge is -2.28. The van der Waals surface area contributed by atoms with Crippen molar-refractivity contribution >= 4 is 17.4 Å². The van der Waals surface area contributed by atoms with Gasteiger partial charge in [0.1, 0.15) is 11.5 Å². The minimum atomic E-state index is -0.656. The number of carbonyl (C=O) groups is 2. The number of likely N-dealkylation sites (tertiary alicyclic amines) is 1. The summed E-state index contributed by atoms with van der Waals surface area (Å²) < 4.78 is 5.24. The number of amides is 1. The summed E-state index contributed by atoms with van der Waals surface area (Å²) in [7, 11) is 1.58. The molecular weight excluding hydrogens is 380 g/mol. The van der Waals surface area contributed by atoms with Crippen molar-refractivity contribution < 1.29 is 19.4 Å². The Hall–Kier alpha value is -3.12. The summed E-state index contributed by atoms with van der Waals surface area (Å²) in [6, 6.07) is 15.5. The van der Waals surface area contributed by atoms with Crippen LogP contribution in [0.2, 0.25) is 0 Å². The van der Waals surface area contributed by atoms with Gasteiger partial charge in [-0.2, -0.15) is 0 Å². The maximum atomic E-state index is 13.0. The molecule has 0 aromatic heterocycles. The molecular formula is C24H28N2O4. The second-order valence-corrected chi connectivity index (χ2v) is 7.16. The van der Waals surface area contributed by atoms with E-state index in [4.69, 9.17) is 4.74 Å². The highest BCUT2D eigenvalue weighted by Gasteiger charge is 2.45. The van der Waals surface area contributed by atoms with Crippen LogP contribution in [-0.4, -0.2) is 59.9 Å². The Morgan fingerprint density at radius 3 is 2.23 bits per heavy atom. The number of rotatable bonds is 8. The Morgan fingerprint density at radius 2 is 1.67 bits per heavy atom. The number of Topliss-reactive ketones (excluding diaryl/α,β-unsaturated/α-hetero) is 1. The number of hydrogen-bond donors (Lipinski definition) is 1. The zero-order valence-corrected chi connectivity index (χ0v) is 17.7. The lowest BCUT2D eigenvalue weighted by Crippen LogP contribution is -2.38. The fourth-order valence-corrected chi connectivity index (χ4v) is 3.78. The monoisotopic (exact) mass is 408 g/mol. The van der Waals surface area contributed by atoms with Crippen LogP contribution in [0.4, 0.5) is 0 Å². The van der Waals surface area contributed by atoms with Gasteiger partial charge in [-0.1, -0.05) is 56.3 Å². The molecule has 1 heterocycles. The smallest absolute Gasteiger partial charge is 0.295 e. The quantitative estimate of drug-likeness (QED) is 0.412. The number of benzene rings is 2. The average molecular weight is 408 g/mol. The van der Waals surface area contributed by atoms with Gasteiger partial charge in [0.2, 0.25) is 0 Å². The summed E-state index contributed by atoms with van der Waals surface area (Å²) in [5, 5.41) is 11.0. The summed E-state index contributed by atoms with van der Waals surface area (Å²) >= 11 is 0. The van der Waals surface area contributed by atoms with Crippen LogP contribution in [0.15, 0.2) is 60.2 Å². The van der Waals surface area contributed by atoms with E-state index in [0.717, 1.165) is 18.7 Å². The molecule has 30 heavy (non-hydrogen) atoms. The topological polar surface area (TPSA) is 70.1 Å². The summed E-state index contributed by atoms with van der Waals surface area (Å²) in [4.78, 5) is 29.7. The molecule has 0 spiro atoms. The van der Waals surface area contributed by atoms with Crippen molar-refractivity contribution in [1.82, 2.24) is 9.80 Å². The van der Waals surface area contributed by atoms with Gasteiger partial charge in [-0.25, -0.2) is 0 Å². The normalized spacial score (nSPS) is 18.3. The van der Waals surface area contributed by atoms with Crippen LogP contribution in [0.1, 0.15) is 31.0 Å². The van der Waals surface area contributed by atoms with E-state index >= 15 is 0 Å². The number of nitrogens with zero attached hydrogens (tertiary/aromatic N) is 2. The Labute approximate surface area is 177 Å². The van der Waals surface area contributed by atoms with Crippen molar-refractivity contribution in [2.75, 3.05) is 33.3 Å². The number of carbonyl (C=O) groups excluding carboxylic acids is 2. The van der Waals surface area contributed by atoms with Gasteiger partial charge in [-0.15, -0.1) is 0 Å². The molecule has 6 nitrogen and oxygen atoms in total. The lowest BCUT2D eigenvalue weighted by molar-refractivity contribution is -0.140. The van der Waals surface area contributed by atoms with Gasteiger partial charge in [0.25, 0.3) is 11.7 Å². The van der Waals surface area contributed by atoms with Crippen LogP contribution in [0.3, 0.4) is 0 Å². The van der Waals surface area contributed by atoms with Crippen molar-refractivity contribution in [3.63, 3.8) is 0 Å². The molecule has 1 fully saturated rings. The third-order valence-electron chi connectivity index (χ3n) is 5.57. The minimum absolute atomic E-state index is 0.121. The van der Waals surface area contributed by atoms with E-state index in [0.29, 0.717) is 24.4 Å². The van der Waals surface area contributed by atoms with Gasteiger partial charge in [0.15, 0.2) is 0 Å². The first kappa shape index (κ1) is 21.6. The molecule has 1 N–H and O–H groups in total. The standard InChI is InChI=1S/C24H28N2O4/c1-4-25(5-2)15-16-26-21(17-11-13-19(30-3)14-12-17)20(23(28)24(26)29)22(27)18-9-7-6-8-10-18/h6-14,21,27H,4-5,15-16H2,1-3H3/b22-20-. The van der Waals surface area contributed by atoms with Gasteiger partial charge in [0.05, 0.1) is 18.7 Å². The molecule has 0 saturated carbocycles. The third kappa shape index (κ3) is 4.24. The molecule has 1 unspecified atom stereocenters. The average Bonchev–Trinajstić information content (AvgIpc) is 3.04. The van der Waals surface area contributed by atoms with Crippen LogP contribution in [-0.2, 0) is 9.59 Å². The highest BCUT2D eigenvalue weighted by atomic mass is 16.5. The van der Waals surface area contributed by atoms with Gasteiger partial charge < -0.3 is 19.6 Å². The van der Waals surface area contributed by atoms with Crippen LogP contribution < -0.4 is 4.74 Å². The number of likely N-dealkylation sites (N-methyl/N-ethyl adjacent to an activating group) is 1. The fraction of sp³-hybridized carbons (Fsp3) is 0.333. The van der Waals surface area contributed by atoms with E-state index in [-0.39, 0.29) is 11.3 Å². The number of aliphatic hydroxyl groups is 1. The zero-order valence-electron chi connectivity index (χ0n) is 17.7. The van der Waals surface area contributed by atoms with Crippen molar-refractivity contribution in [1.29, 1.82) is 0 Å². The molecule has 0 radical (unpaired) electrons. The molecule has 3 rings (SSSR count). The SMILES string of the molecule is CCN(CC)CCN1C(=O)C(=O)/C(=C(\O)c2ccccc2)C1c1ccc(OC)cc1. The molecule has 1 aliphatic heterocycles. The number of methoxy groups -OCH3 is 1. The van der Waals surface area contributed by atoms with Crippen molar-refractivity contribution in [2.24, 2.45) is 0 Å². The van der Waals surface area contributed by atoms with Crippen LogP contribution >= 0.6 is 0 Å². The van der Waals surface area contributed by atoms with E-state index in [2.05, 4.69) is 18.7 Å². The Kier molecular flexibility index (Phi) is 6.90. The minimum Gasteiger partial charge on any atom is -0.507 e. The zero-order chi connectivity index (χ0) is 21.7. The van der Waals surface area contributed by atoms with E-state index in [1.54, 1.807) is 48.4 Å². The lowest BCUT2D eigenvalue weighted by atomic mass is 9.95.